The maximum absolute atomic E-state index is 4.38. The Morgan fingerprint density at radius 2 is 2.12 bits per heavy atom. The van der Waals surface area contributed by atoms with Crippen molar-refractivity contribution in [1.29, 1.82) is 0 Å². The summed E-state index contributed by atoms with van der Waals surface area (Å²) in [7, 11) is 0. The van der Waals surface area contributed by atoms with Gasteiger partial charge in [-0.25, -0.2) is 4.98 Å². The summed E-state index contributed by atoms with van der Waals surface area (Å²) >= 11 is 1.70. The second kappa shape index (κ2) is 5.46. The third-order valence-electron chi connectivity index (χ3n) is 4.02. The van der Waals surface area contributed by atoms with E-state index in [0.717, 1.165) is 12.6 Å². The summed E-state index contributed by atoms with van der Waals surface area (Å²) in [4.78, 5) is 9.66. The van der Waals surface area contributed by atoms with Crippen molar-refractivity contribution in [1.82, 2.24) is 14.8 Å². The number of piperidine rings is 1. The Morgan fingerprint density at radius 3 is 2.88 bits per heavy atom. The molecule has 1 aromatic rings. The lowest BCUT2D eigenvalue weighted by molar-refractivity contribution is 0.161. The lowest BCUT2D eigenvalue weighted by atomic mass is 10.1. The van der Waals surface area contributed by atoms with Crippen molar-refractivity contribution in [2.75, 3.05) is 26.2 Å². The molecule has 0 radical (unpaired) electrons. The second-order valence-corrected chi connectivity index (χ2v) is 5.97. The minimum absolute atomic E-state index is 0.814. The van der Waals surface area contributed by atoms with Gasteiger partial charge in [-0.05, 0) is 32.4 Å². The van der Waals surface area contributed by atoms with E-state index < -0.39 is 0 Å². The molecule has 0 saturated carbocycles. The molecule has 1 atom stereocenters. The van der Waals surface area contributed by atoms with E-state index in [0.29, 0.717) is 0 Å². The summed E-state index contributed by atoms with van der Waals surface area (Å²) in [5, 5.41) is 2.17. The van der Waals surface area contributed by atoms with Crippen LogP contribution in [0.1, 0.15) is 31.4 Å². The first-order chi connectivity index (χ1) is 8.42. The molecule has 3 nitrogen and oxygen atoms in total. The van der Waals surface area contributed by atoms with Crippen molar-refractivity contribution < 1.29 is 0 Å². The van der Waals surface area contributed by atoms with Crippen LogP contribution in [0.25, 0.3) is 0 Å². The van der Waals surface area contributed by atoms with Gasteiger partial charge in [-0.3, -0.25) is 9.80 Å². The summed E-state index contributed by atoms with van der Waals surface area (Å²) in [5.41, 5.74) is 3.18. The fraction of sp³-hybridized carbons (Fsp3) is 0.769. The predicted octanol–water partition coefficient (Wildman–Crippen LogP) is 2.20. The Kier molecular flexibility index (Phi) is 3.74. The SMILES string of the molecule is c1nc(CN2CC[C@@H](N3CCCCC3)C2)cs1. The summed E-state index contributed by atoms with van der Waals surface area (Å²) in [6.45, 7) is 6.20. The molecule has 0 bridgehead atoms. The smallest absolute Gasteiger partial charge is 0.0795 e. The van der Waals surface area contributed by atoms with Crippen molar-refractivity contribution in [3.8, 4) is 0 Å². The molecule has 2 aliphatic heterocycles. The van der Waals surface area contributed by atoms with Crippen molar-refractivity contribution in [2.24, 2.45) is 0 Å². The van der Waals surface area contributed by atoms with Gasteiger partial charge < -0.3 is 0 Å². The maximum Gasteiger partial charge on any atom is 0.0795 e. The fourth-order valence-corrected chi connectivity index (χ4v) is 3.63. The highest BCUT2D eigenvalue weighted by molar-refractivity contribution is 7.07. The molecule has 0 N–H and O–H groups in total. The Balaban J connectivity index is 1.51. The zero-order valence-electron chi connectivity index (χ0n) is 10.3. The summed E-state index contributed by atoms with van der Waals surface area (Å²) in [5.74, 6) is 0. The largest absolute Gasteiger partial charge is 0.299 e. The van der Waals surface area contributed by atoms with Crippen LogP contribution in [-0.4, -0.2) is 47.0 Å². The van der Waals surface area contributed by atoms with E-state index in [2.05, 4.69) is 20.2 Å². The number of aromatic nitrogens is 1. The average Bonchev–Trinajstić information content (AvgIpc) is 3.02. The molecular formula is C13H21N3S. The van der Waals surface area contributed by atoms with E-state index in [-0.39, 0.29) is 0 Å². The maximum atomic E-state index is 4.38. The molecule has 0 unspecified atom stereocenters. The van der Waals surface area contributed by atoms with Gasteiger partial charge in [0.2, 0.25) is 0 Å². The molecule has 94 valence electrons. The van der Waals surface area contributed by atoms with Crippen LogP contribution in [-0.2, 0) is 6.54 Å². The zero-order valence-corrected chi connectivity index (χ0v) is 11.2. The molecule has 4 heteroatoms. The monoisotopic (exact) mass is 251 g/mol. The van der Waals surface area contributed by atoms with E-state index >= 15 is 0 Å². The van der Waals surface area contributed by atoms with Gasteiger partial charge in [0.15, 0.2) is 0 Å². The number of nitrogens with zero attached hydrogens (tertiary/aromatic N) is 3. The Bertz CT molecular complexity index is 332. The standard InChI is InChI=1S/C13H21N3S/c1-2-5-16(6-3-1)13-4-7-15(9-13)8-12-10-17-11-14-12/h10-11,13H,1-9H2/t13-/m1/s1. The quantitative estimate of drug-likeness (QED) is 0.821. The molecular weight excluding hydrogens is 230 g/mol. The molecule has 2 fully saturated rings. The van der Waals surface area contributed by atoms with Crippen LogP contribution in [0.2, 0.25) is 0 Å². The number of hydrogen-bond donors (Lipinski definition) is 0. The molecule has 3 rings (SSSR count). The van der Waals surface area contributed by atoms with Gasteiger partial charge in [0, 0.05) is 31.1 Å². The first-order valence-electron chi connectivity index (χ1n) is 6.75. The molecule has 0 spiro atoms. The van der Waals surface area contributed by atoms with Gasteiger partial charge in [0.1, 0.15) is 0 Å². The van der Waals surface area contributed by atoms with Crippen LogP contribution in [0, 0.1) is 0 Å². The molecule has 1 aromatic heterocycles. The van der Waals surface area contributed by atoms with E-state index in [1.54, 1.807) is 11.3 Å². The van der Waals surface area contributed by atoms with Gasteiger partial charge >= 0.3 is 0 Å². The lowest BCUT2D eigenvalue weighted by Crippen LogP contribution is -2.40. The van der Waals surface area contributed by atoms with E-state index in [9.17, 15) is 0 Å². The normalized spacial score (nSPS) is 27.6. The molecule has 17 heavy (non-hydrogen) atoms. The third-order valence-corrected chi connectivity index (χ3v) is 4.66. The van der Waals surface area contributed by atoms with Crippen LogP contribution in [0.5, 0.6) is 0 Å². The van der Waals surface area contributed by atoms with Gasteiger partial charge in [-0.1, -0.05) is 6.42 Å². The first-order valence-corrected chi connectivity index (χ1v) is 7.69. The van der Waals surface area contributed by atoms with Gasteiger partial charge in [-0.15, -0.1) is 11.3 Å². The number of likely N-dealkylation sites (tertiary alicyclic amines) is 2. The first kappa shape index (κ1) is 11.6. The summed E-state index contributed by atoms with van der Waals surface area (Å²) < 4.78 is 0. The van der Waals surface area contributed by atoms with Gasteiger partial charge in [0.05, 0.1) is 11.2 Å². The van der Waals surface area contributed by atoms with Gasteiger partial charge in [0.25, 0.3) is 0 Å². The second-order valence-electron chi connectivity index (χ2n) is 5.25. The molecule has 0 amide bonds. The van der Waals surface area contributed by atoms with E-state index in [1.165, 1.54) is 57.6 Å². The topological polar surface area (TPSA) is 19.4 Å². The molecule has 2 saturated heterocycles. The Labute approximate surface area is 107 Å². The van der Waals surface area contributed by atoms with Crippen LogP contribution in [0.15, 0.2) is 10.9 Å². The van der Waals surface area contributed by atoms with Crippen LogP contribution >= 0.6 is 11.3 Å². The van der Waals surface area contributed by atoms with Crippen LogP contribution in [0.3, 0.4) is 0 Å². The lowest BCUT2D eigenvalue weighted by Gasteiger charge is -2.32. The van der Waals surface area contributed by atoms with Crippen molar-refractivity contribution in [3.05, 3.63) is 16.6 Å². The fourth-order valence-electron chi connectivity index (χ4n) is 3.08. The Morgan fingerprint density at radius 1 is 1.24 bits per heavy atom. The number of rotatable bonds is 3. The summed E-state index contributed by atoms with van der Waals surface area (Å²) in [6.07, 6.45) is 5.60. The highest BCUT2D eigenvalue weighted by Crippen LogP contribution is 2.21. The average molecular weight is 251 g/mol. The molecule has 3 heterocycles. The van der Waals surface area contributed by atoms with Crippen molar-refractivity contribution in [2.45, 2.75) is 38.3 Å². The van der Waals surface area contributed by atoms with Crippen LogP contribution in [0.4, 0.5) is 0 Å². The molecule has 2 aliphatic rings. The van der Waals surface area contributed by atoms with Crippen molar-refractivity contribution >= 4 is 11.3 Å². The third kappa shape index (κ3) is 2.87. The van der Waals surface area contributed by atoms with E-state index in [4.69, 9.17) is 0 Å². The Hall–Kier alpha value is -0.450. The number of thiazole rings is 1. The zero-order chi connectivity index (χ0) is 11.5. The highest BCUT2D eigenvalue weighted by atomic mass is 32.1. The molecule has 0 aliphatic carbocycles. The van der Waals surface area contributed by atoms with Crippen molar-refractivity contribution in [3.63, 3.8) is 0 Å². The molecule has 0 aromatic carbocycles. The van der Waals surface area contributed by atoms with Gasteiger partial charge in [-0.2, -0.15) is 0 Å². The minimum Gasteiger partial charge on any atom is -0.299 e. The van der Waals surface area contributed by atoms with Crippen LogP contribution < -0.4 is 0 Å². The predicted molar refractivity (Wildman–Crippen MR) is 71.2 cm³/mol. The summed E-state index contributed by atoms with van der Waals surface area (Å²) in [6, 6.07) is 0.814. The highest BCUT2D eigenvalue weighted by Gasteiger charge is 2.28. The minimum atomic E-state index is 0.814. The van der Waals surface area contributed by atoms with E-state index in [1.807, 2.05) is 5.51 Å². The number of hydrogen-bond acceptors (Lipinski definition) is 4.